The minimum atomic E-state index is -0.180. The van der Waals surface area contributed by atoms with Crippen molar-refractivity contribution in [3.63, 3.8) is 0 Å². The fraction of sp³-hybridized carbons (Fsp3) is 0.320. The summed E-state index contributed by atoms with van der Waals surface area (Å²) < 4.78 is 7.78. The number of carbonyl (C=O) groups is 1. The molecule has 5 rings (SSSR count). The molecule has 0 radical (unpaired) electrons. The number of pyridine rings is 1. The summed E-state index contributed by atoms with van der Waals surface area (Å²) in [6, 6.07) is 10.4. The maximum absolute atomic E-state index is 12.5. The highest BCUT2D eigenvalue weighted by atomic mass is 16.5. The lowest BCUT2D eigenvalue weighted by molar-refractivity contribution is -0.111. The first kappa shape index (κ1) is 20.6. The Labute approximate surface area is 187 Å². The maximum Gasteiger partial charge on any atom is 0.248 e. The molecule has 2 N–H and O–H groups in total. The van der Waals surface area contributed by atoms with E-state index >= 15 is 0 Å². The first-order chi connectivity index (χ1) is 15.7. The van der Waals surface area contributed by atoms with Gasteiger partial charge in [0.15, 0.2) is 0 Å². The van der Waals surface area contributed by atoms with Gasteiger partial charge in [0, 0.05) is 54.6 Å². The van der Waals surface area contributed by atoms with Crippen molar-refractivity contribution in [3.8, 4) is 11.1 Å². The van der Waals surface area contributed by atoms with Gasteiger partial charge < -0.3 is 15.4 Å². The van der Waals surface area contributed by atoms with Crippen molar-refractivity contribution in [2.24, 2.45) is 0 Å². The predicted molar refractivity (Wildman–Crippen MR) is 124 cm³/mol. The van der Waals surface area contributed by atoms with Crippen LogP contribution in [0.4, 0.5) is 5.69 Å². The van der Waals surface area contributed by atoms with E-state index in [4.69, 9.17) is 4.74 Å². The Bertz CT molecular complexity index is 1100. The van der Waals surface area contributed by atoms with Crippen LogP contribution < -0.4 is 10.6 Å². The van der Waals surface area contributed by atoms with Crippen molar-refractivity contribution in [1.29, 1.82) is 0 Å². The van der Waals surface area contributed by atoms with E-state index in [9.17, 15) is 4.79 Å². The van der Waals surface area contributed by atoms with Crippen LogP contribution in [0.2, 0.25) is 0 Å². The third-order valence-electron chi connectivity index (χ3n) is 5.79. The number of nitrogens with one attached hydrogen (secondary N) is 2. The van der Waals surface area contributed by atoms with Gasteiger partial charge in [-0.2, -0.15) is 5.10 Å². The highest BCUT2D eigenvalue weighted by Gasteiger charge is 2.24. The van der Waals surface area contributed by atoms with E-state index in [0.29, 0.717) is 6.04 Å². The van der Waals surface area contributed by atoms with Crippen LogP contribution in [0.25, 0.3) is 17.2 Å². The Kier molecular flexibility index (Phi) is 6.09. The minimum absolute atomic E-state index is 0.180. The second kappa shape index (κ2) is 9.46. The molecule has 2 aliphatic rings. The molecule has 3 aromatic rings. The standard InChI is InChI=1S/C25H27N5O2/c31-25(29-21-4-1-18(2-5-21)13-23-16-27-11-12-32-23)8-3-19-14-26-10-9-24(19)20-15-28-30(17-20)22-6-7-22/h1-5,8-10,14-15,17,22-23,27H,6-7,11-13,16H2,(H,29,31)/b8-3+. The molecule has 1 unspecified atom stereocenters. The first-order valence-electron chi connectivity index (χ1n) is 11.1. The summed E-state index contributed by atoms with van der Waals surface area (Å²) in [7, 11) is 0. The summed E-state index contributed by atoms with van der Waals surface area (Å²) in [6.45, 7) is 2.55. The predicted octanol–water partition coefficient (Wildman–Crippen LogP) is 3.46. The van der Waals surface area contributed by atoms with Crippen molar-refractivity contribution in [1.82, 2.24) is 20.1 Å². The first-order valence-corrected chi connectivity index (χ1v) is 11.1. The van der Waals surface area contributed by atoms with Crippen LogP contribution in [-0.4, -0.2) is 46.5 Å². The zero-order valence-electron chi connectivity index (χ0n) is 17.9. The van der Waals surface area contributed by atoms with Crippen LogP contribution in [-0.2, 0) is 16.0 Å². The van der Waals surface area contributed by atoms with Crippen LogP contribution >= 0.6 is 0 Å². The lowest BCUT2D eigenvalue weighted by Crippen LogP contribution is -2.39. The SMILES string of the molecule is O=C(/C=C/c1cnccc1-c1cnn(C2CC2)c1)Nc1ccc(CC2CNCCO2)cc1. The lowest BCUT2D eigenvalue weighted by atomic mass is 10.0. The zero-order chi connectivity index (χ0) is 21.8. The number of carbonyl (C=O) groups excluding carboxylic acids is 1. The van der Waals surface area contributed by atoms with Crippen LogP contribution in [0.15, 0.2) is 61.2 Å². The second-order valence-electron chi connectivity index (χ2n) is 8.32. The zero-order valence-corrected chi connectivity index (χ0v) is 17.9. The molecular formula is C25H27N5O2. The Hall–Kier alpha value is -3.29. The number of morpholine rings is 1. The Morgan fingerprint density at radius 2 is 2.09 bits per heavy atom. The van der Waals surface area contributed by atoms with Crippen molar-refractivity contribution in [2.45, 2.75) is 31.4 Å². The quantitative estimate of drug-likeness (QED) is 0.562. The number of aromatic nitrogens is 3. The number of benzene rings is 1. The molecule has 164 valence electrons. The van der Waals surface area contributed by atoms with Crippen molar-refractivity contribution >= 4 is 17.7 Å². The molecule has 2 aromatic heterocycles. The minimum Gasteiger partial charge on any atom is -0.375 e. The third kappa shape index (κ3) is 5.12. The van der Waals surface area contributed by atoms with Crippen molar-refractivity contribution in [2.75, 3.05) is 25.0 Å². The van der Waals surface area contributed by atoms with Crippen LogP contribution in [0.3, 0.4) is 0 Å². The topological polar surface area (TPSA) is 81.1 Å². The van der Waals surface area contributed by atoms with E-state index in [-0.39, 0.29) is 12.0 Å². The van der Waals surface area contributed by atoms with Gasteiger partial charge >= 0.3 is 0 Å². The summed E-state index contributed by atoms with van der Waals surface area (Å²) in [5, 5.41) is 10.7. The molecule has 1 aromatic carbocycles. The molecule has 3 heterocycles. The second-order valence-corrected chi connectivity index (χ2v) is 8.32. The molecule has 1 aliphatic heterocycles. The van der Waals surface area contributed by atoms with Gasteiger partial charge in [0.25, 0.3) is 0 Å². The van der Waals surface area contributed by atoms with Gasteiger partial charge in [-0.3, -0.25) is 14.5 Å². The maximum atomic E-state index is 12.5. The molecule has 2 fully saturated rings. The monoisotopic (exact) mass is 429 g/mol. The largest absolute Gasteiger partial charge is 0.375 e. The van der Waals surface area contributed by atoms with Crippen LogP contribution in [0, 0.1) is 0 Å². The molecule has 1 atom stereocenters. The molecule has 1 amide bonds. The molecule has 0 bridgehead atoms. The van der Waals surface area contributed by atoms with Gasteiger partial charge in [-0.1, -0.05) is 12.1 Å². The molecule has 0 spiro atoms. The van der Waals surface area contributed by atoms with Gasteiger partial charge in [0.1, 0.15) is 0 Å². The van der Waals surface area contributed by atoms with E-state index in [2.05, 4.69) is 26.9 Å². The summed E-state index contributed by atoms with van der Waals surface area (Å²) in [5.41, 5.74) is 4.89. The molecule has 7 heteroatoms. The van der Waals surface area contributed by atoms with E-state index in [0.717, 1.165) is 48.5 Å². The number of amides is 1. The van der Waals surface area contributed by atoms with E-state index in [1.54, 1.807) is 24.5 Å². The Morgan fingerprint density at radius 3 is 2.88 bits per heavy atom. The summed E-state index contributed by atoms with van der Waals surface area (Å²) in [5.74, 6) is -0.180. The number of hydrogen-bond acceptors (Lipinski definition) is 5. The Balaban J connectivity index is 1.21. The fourth-order valence-electron chi connectivity index (χ4n) is 3.91. The highest BCUT2D eigenvalue weighted by molar-refractivity contribution is 6.02. The normalized spacial score (nSPS) is 18.7. The highest BCUT2D eigenvalue weighted by Crippen LogP contribution is 2.35. The number of ether oxygens (including phenoxy) is 1. The van der Waals surface area contributed by atoms with Crippen molar-refractivity contribution in [3.05, 3.63) is 72.3 Å². The van der Waals surface area contributed by atoms with E-state index in [1.165, 1.54) is 18.4 Å². The van der Waals surface area contributed by atoms with Gasteiger partial charge in [-0.15, -0.1) is 0 Å². The Morgan fingerprint density at radius 1 is 1.22 bits per heavy atom. The molecule has 32 heavy (non-hydrogen) atoms. The summed E-state index contributed by atoms with van der Waals surface area (Å²) in [4.78, 5) is 16.7. The van der Waals surface area contributed by atoms with Crippen LogP contribution in [0.1, 0.15) is 30.0 Å². The third-order valence-corrected chi connectivity index (χ3v) is 5.79. The molecular weight excluding hydrogens is 402 g/mol. The molecule has 1 saturated carbocycles. The smallest absolute Gasteiger partial charge is 0.248 e. The van der Waals surface area contributed by atoms with Gasteiger partial charge in [0.05, 0.1) is 24.9 Å². The van der Waals surface area contributed by atoms with Gasteiger partial charge in [-0.05, 0) is 54.7 Å². The number of rotatable bonds is 7. The average Bonchev–Trinajstić information content (AvgIpc) is 3.56. The molecule has 1 aliphatic carbocycles. The number of anilines is 1. The van der Waals surface area contributed by atoms with E-state index < -0.39 is 0 Å². The molecule has 7 nitrogen and oxygen atoms in total. The number of hydrogen-bond donors (Lipinski definition) is 2. The van der Waals surface area contributed by atoms with Gasteiger partial charge in [0.2, 0.25) is 5.91 Å². The summed E-state index contributed by atoms with van der Waals surface area (Å²) in [6.07, 6.45) is 14.3. The molecule has 1 saturated heterocycles. The lowest BCUT2D eigenvalue weighted by Gasteiger charge is -2.23. The average molecular weight is 430 g/mol. The van der Waals surface area contributed by atoms with Crippen LogP contribution in [0.5, 0.6) is 0 Å². The number of nitrogens with zero attached hydrogens (tertiary/aromatic N) is 3. The summed E-state index contributed by atoms with van der Waals surface area (Å²) >= 11 is 0. The van der Waals surface area contributed by atoms with Gasteiger partial charge in [-0.25, -0.2) is 0 Å². The fourth-order valence-corrected chi connectivity index (χ4v) is 3.91. The van der Waals surface area contributed by atoms with Crippen molar-refractivity contribution < 1.29 is 9.53 Å². The van der Waals surface area contributed by atoms with E-state index in [1.807, 2.05) is 41.2 Å².